The summed E-state index contributed by atoms with van der Waals surface area (Å²) in [7, 11) is 0. The Morgan fingerprint density at radius 1 is 1.22 bits per heavy atom. The highest BCUT2D eigenvalue weighted by atomic mass is 32.2. The number of nitrogens with zero attached hydrogens (tertiary/aromatic N) is 2. The molecule has 2 saturated heterocycles. The first-order valence-corrected chi connectivity index (χ1v) is 10.3. The number of rotatable bonds is 4. The Morgan fingerprint density at radius 3 is 2.56 bits per heavy atom. The Kier molecular flexibility index (Phi) is 6.05. The van der Waals surface area contributed by atoms with E-state index >= 15 is 0 Å². The summed E-state index contributed by atoms with van der Waals surface area (Å²) in [6.45, 7) is 6.81. The van der Waals surface area contributed by atoms with E-state index in [0.29, 0.717) is 17.4 Å². The molecule has 0 N–H and O–H groups in total. The molecule has 0 unspecified atom stereocenters. The molecular weight excluding hydrogens is 360 g/mol. The molecule has 5 nitrogen and oxygen atoms in total. The van der Waals surface area contributed by atoms with E-state index < -0.39 is 0 Å². The number of likely N-dealkylation sites (tertiary alicyclic amines) is 1. The van der Waals surface area contributed by atoms with Crippen molar-refractivity contribution in [3.8, 4) is 0 Å². The molecule has 144 valence electrons. The molecule has 2 fully saturated rings. The van der Waals surface area contributed by atoms with E-state index in [1.54, 1.807) is 11.0 Å². The molecule has 1 aromatic rings. The summed E-state index contributed by atoms with van der Waals surface area (Å²) < 4.78 is 0. The van der Waals surface area contributed by atoms with Crippen molar-refractivity contribution in [2.75, 3.05) is 13.1 Å². The van der Waals surface area contributed by atoms with Gasteiger partial charge in [-0.3, -0.25) is 19.3 Å². The van der Waals surface area contributed by atoms with Gasteiger partial charge in [-0.05, 0) is 61.1 Å². The largest absolute Gasteiger partial charge is 0.338 e. The monoisotopic (exact) mass is 386 g/mol. The lowest BCUT2D eigenvalue weighted by Crippen LogP contribution is -2.47. The summed E-state index contributed by atoms with van der Waals surface area (Å²) >= 11 is 0.904. The summed E-state index contributed by atoms with van der Waals surface area (Å²) in [6, 6.07) is 8.12. The highest BCUT2D eigenvalue weighted by Crippen LogP contribution is 2.32. The molecule has 3 rings (SSSR count). The Hall–Kier alpha value is -2.08. The predicted octanol–water partition coefficient (Wildman–Crippen LogP) is 4.25. The van der Waals surface area contributed by atoms with Crippen molar-refractivity contribution < 1.29 is 14.4 Å². The lowest BCUT2D eigenvalue weighted by molar-refractivity contribution is -0.138. The van der Waals surface area contributed by atoms with Crippen LogP contribution in [0.4, 0.5) is 4.79 Å². The minimum atomic E-state index is -0.379. The smallest absolute Gasteiger partial charge is 0.294 e. The van der Waals surface area contributed by atoms with Crippen molar-refractivity contribution >= 4 is 34.9 Å². The van der Waals surface area contributed by atoms with Crippen LogP contribution in [-0.4, -0.2) is 46.0 Å². The molecule has 0 aromatic heterocycles. The fraction of sp³-hybridized carbons (Fsp3) is 0.476. The van der Waals surface area contributed by atoms with Gasteiger partial charge in [0.2, 0.25) is 5.91 Å². The highest BCUT2D eigenvalue weighted by molar-refractivity contribution is 8.18. The molecule has 0 radical (unpaired) electrons. The molecule has 2 heterocycles. The summed E-state index contributed by atoms with van der Waals surface area (Å²) in [6.07, 6.45) is 4.79. The predicted molar refractivity (Wildman–Crippen MR) is 108 cm³/mol. The third-order valence-electron chi connectivity index (χ3n) is 5.19. The molecule has 6 heteroatoms. The molecule has 0 saturated carbocycles. The molecule has 1 atom stereocenters. The average Bonchev–Trinajstić information content (AvgIpc) is 2.90. The Labute approximate surface area is 164 Å². The van der Waals surface area contributed by atoms with E-state index in [0.717, 1.165) is 41.5 Å². The maximum atomic E-state index is 12.6. The highest BCUT2D eigenvalue weighted by Gasteiger charge is 2.37. The Bertz CT molecular complexity index is 770. The fourth-order valence-corrected chi connectivity index (χ4v) is 4.30. The Morgan fingerprint density at radius 2 is 1.93 bits per heavy atom. The van der Waals surface area contributed by atoms with Crippen molar-refractivity contribution in [2.45, 2.75) is 52.0 Å². The van der Waals surface area contributed by atoms with Gasteiger partial charge in [0.15, 0.2) is 0 Å². The van der Waals surface area contributed by atoms with E-state index in [4.69, 9.17) is 0 Å². The van der Waals surface area contributed by atoms with Crippen LogP contribution in [0, 0.1) is 0 Å². The van der Waals surface area contributed by atoms with Crippen LogP contribution in [0.2, 0.25) is 0 Å². The van der Waals surface area contributed by atoms with E-state index in [2.05, 4.69) is 13.8 Å². The normalized spacial score (nSPS) is 22.2. The second-order valence-corrected chi connectivity index (χ2v) is 8.51. The van der Waals surface area contributed by atoms with Crippen molar-refractivity contribution in [1.82, 2.24) is 9.80 Å². The van der Waals surface area contributed by atoms with Gasteiger partial charge in [0.25, 0.3) is 11.1 Å². The molecule has 0 aliphatic carbocycles. The second kappa shape index (κ2) is 8.30. The van der Waals surface area contributed by atoms with E-state index in [9.17, 15) is 14.4 Å². The van der Waals surface area contributed by atoms with Crippen LogP contribution in [0.3, 0.4) is 0 Å². The van der Waals surface area contributed by atoms with Crippen molar-refractivity contribution in [1.29, 1.82) is 0 Å². The molecular formula is C21H26N2O3S. The minimum Gasteiger partial charge on any atom is -0.338 e. The lowest BCUT2D eigenvalue weighted by atomic mass is 10.0. The molecule has 0 spiro atoms. The third-order valence-corrected chi connectivity index (χ3v) is 6.10. The van der Waals surface area contributed by atoms with Gasteiger partial charge in [0.05, 0.1) is 4.91 Å². The summed E-state index contributed by atoms with van der Waals surface area (Å²) in [5.41, 5.74) is 2.10. The van der Waals surface area contributed by atoms with Crippen molar-refractivity contribution in [2.24, 2.45) is 0 Å². The second-order valence-electron chi connectivity index (χ2n) is 7.52. The molecule has 0 bridgehead atoms. The number of imide groups is 1. The molecule has 3 amide bonds. The number of carbonyl (C=O) groups excluding carboxylic acids is 3. The van der Waals surface area contributed by atoms with Gasteiger partial charge in [-0.2, -0.15) is 0 Å². The standard InChI is InChI=1S/C21H26N2O3S/c1-14(2)17-9-7-16(8-10-17)12-18-20(25)23(21(26)27-18)13-19(24)22-11-5-4-6-15(22)3/h7-10,12,14-15H,4-6,11,13H2,1-3H3/b18-12-/t15-/m0/s1. The minimum absolute atomic E-state index is 0.146. The van der Waals surface area contributed by atoms with Gasteiger partial charge in [-0.1, -0.05) is 38.1 Å². The number of benzene rings is 1. The SMILES string of the molecule is CC(C)c1ccc(/C=C2\SC(=O)N(CC(=O)N3CCCC[C@@H]3C)C2=O)cc1. The van der Waals surface area contributed by atoms with E-state index in [-0.39, 0.29) is 29.6 Å². The van der Waals surface area contributed by atoms with Crippen molar-refractivity contribution in [3.63, 3.8) is 0 Å². The zero-order valence-electron chi connectivity index (χ0n) is 16.1. The van der Waals surface area contributed by atoms with Gasteiger partial charge < -0.3 is 4.90 Å². The number of hydrogen-bond donors (Lipinski definition) is 0. The quantitative estimate of drug-likeness (QED) is 0.726. The van der Waals surface area contributed by atoms with Crippen LogP contribution in [0.5, 0.6) is 0 Å². The number of amides is 3. The summed E-state index contributed by atoms with van der Waals surface area (Å²) in [5.74, 6) is -0.0857. The number of thioether (sulfide) groups is 1. The first kappa shape index (κ1) is 19.7. The molecule has 2 aliphatic rings. The fourth-order valence-electron chi connectivity index (χ4n) is 3.46. The summed E-state index contributed by atoms with van der Waals surface area (Å²) in [4.78, 5) is 40.7. The van der Waals surface area contributed by atoms with Crippen LogP contribution in [-0.2, 0) is 9.59 Å². The molecule has 1 aromatic carbocycles. The van der Waals surface area contributed by atoms with Gasteiger partial charge in [-0.15, -0.1) is 0 Å². The summed E-state index contributed by atoms with van der Waals surface area (Å²) in [5, 5.41) is -0.372. The van der Waals surface area contributed by atoms with Gasteiger partial charge in [0, 0.05) is 12.6 Å². The zero-order valence-corrected chi connectivity index (χ0v) is 16.9. The number of hydrogen-bond acceptors (Lipinski definition) is 4. The maximum absolute atomic E-state index is 12.6. The lowest BCUT2D eigenvalue weighted by Gasteiger charge is -2.34. The van der Waals surface area contributed by atoms with Crippen molar-refractivity contribution in [3.05, 3.63) is 40.3 Å². The maximum Gasteiger partial charge on any atom is 0.294 e. The van der Waals surface area contributed by atoms with Crippen LogP contribution in [0.25, 0.3) is 6.08 Å². The zero-order chi connectivity index (χ0) is 19.6. The van der Waals surface area contributed by atoms with Gasteiger partial charge in [-0.25, -0.2) is 0 Å². The number of piperidine rings is 1. The first-order valence-electron chi connectivity index (χ1n) is 9.51. The van der Waals surface area contributed by atoms with Gasteiger partial charge in [0.1, 0.15) is 6.54 Å². The van der Waals surface area contributed by atoms with E-state index in [1.807, 2.05) is 31.2 Å². The molecule has 27 heavy (non-hydrogen) atoms. The molecule has 2 aliphatic heterocycles. The van der Waals surface area contributed by atoms with Gasteiger partial charge >= 0.3 is 0 Å². The average molecular weight is 387 g/mol. The van der Waals surface area contributed by atoms with E-state index in [1.165, 1.54) is 5.56 Å². The first-order chi connectivity index (χ1) is 12.9. The number of carbonyl (C=O) groups is 3. The van der Waals surface area contributed by atoms with Crippen LogP contribution in [0.15, 0.2) is 29.2 Å². The van der Waals surface area contributed by atoms with Crippen LogP contribution in [0.1, 0.15) is 57.1 Å². The third kappa shape index (κ3) is 4.43. The van der Waals surface area contributed by atoms with Crippen LogP contribution >= 0.6 is 11.8 Å². The van der Waals surface area contributed by atoms with Crippen LogP contribution < -0.4 is 0 Å². The topological polar surface area (TPSA) is 57.7 Å². The Balaban J connectivity index is 1.70.